The first-order chi connectivity index (χ1) is 8.40. The number of nitrogens with one attached hydrogen (secondary N) is 1. The summed E-state index contributed by atoms with van der Waals surface area (Å²) in [6.07, 6.45) is 0.848. The molecule has 0 fully saturated rings. The number of carbonyl (C=O) groups excluding carboxylic acids is 1. The van der Waals surface area contributed by atoms with E-state index < -0.39 is 12.0 Å². The monoisotopic (exact) mass is 289 g/mol. The molecule has 0 aliphatic rings. The van der Waals surface area contributed by atoms with Crippen molar-refractivity contribution in [2.75, 3.05) is 0 Å². The zero-order valence-electron chi connectivity index (χ0n) is 10.3. The summed E-state index contributed by atoms with van der Waals surface area (Å²) in [7, 11) is 0. The zero-order chi connectivity index (χ0) is 13.7. The van der Waals surface area contributed by atoms with E-state index in [2.05, 4.69) is 5.32 Å². The number of hydrogen-bond acceptors (Lipinski definition) is 3. The van der Waals surface area contributed by atoms with Crippen LogP contribution in [0.25, 0.3) is 0 Å². The highest BCUT2D eigenvalue weighted by atomic mass is 35.5. The van der Waals surface area contributed by atoms with Crippen LogP contribution in [0.3, 0.4) is 0 Å². The van der Waals surface area contributed by atoms with Gasteiger partial charge in [0.15, 0.2) is 0 Å². The molecule has 2 N–H and O–H groups in total. The summed E-state index contributed by atoms with van der Waals surface area (Å²) in [6, 6.07) is 0.987. The maximum Gasteiger partial charge on any atom is 0.326 e. The molecule has 1 heterocycles. The van der Waals surface area contributed by atoms with Crippen molar-refractivity contribution < 1.29 is 14.7 Å². The third kappa shape index (κ3) is 4.66. The lowest BCUT2D eigenvalue weighted by molar-refractivity contribution is -0.143. The maximum absolute atomic E-state index is 11.6. The minimum atomic E-state index is -1.00. The van der Waals surface area contributed by atoms with Crippen molar-refractivity contribution in [3.63, 3.8) is 0 Å². The molecule has 0 radical (unpaired) electrons. The lowest BCUT2D eigenvalue weighted by Crippen LogP contribution is -2.44. The molecule has 1 atom stereocenters. The molecule has 18 heavy (non-hydrogen) atoms. The standard InChI is InChI=1S/C12H16ClNO3S/c1-7(2)11(12(16)17)14-10(15)4-3-9-5-8(13)6-18-9/h5-7,11H,3-4H2,1-2H3,(H,14,15)(H,16,17)/t11-/m1/s1. The van der Waals surface area contributed by atoms with E-state index in [1.54, 1.807) is 13.8 Å². The molecule has 1 rings (SSSR count). The smallest absolute Gasteiger partial charge is 0.326 e. The number of hydrogen-bond donors (Lipinski definition) is 2. The average Bonchev–Trinajstić information content (AvgIpc) is 2.68. The SMILES string of the molecule is CC(C)[C@@H](NC(=O)CCc1cc(Cl)cs1)C(=O)O. The average molecular weight is 290 g/mol. The fourth-order valence-corrected chi connectivity index (χ4v) is 2.56. The number of carboxylic acid groups (broad SMARTS) is 1. The van der Waals surface area contributed by atoms with Crippen LogP contribution in [-0.4, -0.2) is 23.0 Å². The number of amides is 1. The van der Waals surface area contributed by atoms with Crippen molar-refractivity contribution >= 4 is 34.8 Å². The predicted octanol–water partition coefficient (Wildman–Crippen LogP) is 2.56. The van der Waals surface area contributed by atoms with Crippen LogP contribution in [0.5, 0.6) is 0 Å². The maximum atomic E-state index is 11.6. The molecule has 0 bridgehead atoms. The number of aliphatic carboxylic acids is 1. The number of rotatable bonds is 6. The van der Waals surface area contributed by atoms with Crippen LogP contribution < -0.4 is 5.32 Å². The van der Waals surface area contributed by atoms with Gasteiger partial charge in [-0.15, -0.1) is 11.3 Å². The van der Waals surface area contributed by atoms with E-state index in [0.29, 0.717) is 11.4 Å². The normalized spacial score (nSPS) is 12.4. The van der Waals surface area contributed by atoms with Gasteiger partial charge in [-0.05, 0) is 18.4 Å². The first-order valence-electron chi connectivity index (χ1n) is 5.65. The molecular formula is C12H16ClNO3S. The van der Waals surface area contributed by atoms with Gasteiger partial charge >= 0.3 is 5.97 Å². The number of halogens is 1. The van der Waals surface area contributed by atoms with Crippen LogP contribution in [0.2, 0.25) is 5.02 Å². The summed E-state index contributed by atoms with van der Waals surface area (Å²) in [5.41, 5.74) is 0. The van der Waals surface area contributed by atoms with Gasteiger partial charge < -0.3 is 10.4 Å². The number of carboxylic acids is 1. The molecule has 0 aliphatic heterocycles. The van der Waals surface area contributed by atoms with Crippen LogP contribution in [0.1, 0.15) is 25.1 Å². The Morgan fingerprint density at radius 3 is 2.61 bits per heavy atom. The second kappa shape index (κ2) is 6.75. The Morgan fingerprint density at radius 2 is 2.17 bits per heavy atom. The van der Waals surface area contributed by atoms with E-state index in [9.17, 15) is 9.59 Å². The molecule has 0 aliphatic carbocycles. The Morgan fingerprint density at radius 1 is 1.50 bits per heavy atom. The Kier molecular flexibility index (Phi) is 5.62. The van der Waals surface area contributed by atoms with Crippen molar-refractivity contribution in [3.05, 3.63) is 21.3 Å². The summed E-state index contributed by atoms with van der Waals surface area (Å²) < 4.78 is 0. The molecule has 0 saturated carbocycles. The Hall–Kier alpha value is -1.07. The Labute approximate surface area is 115 Å². The van der Waals surface area contributed by atoms with E-state index in [1.807, 2.05) is 11.4 Å². The van der Waals surface area contributed by atoms with E-state index in [-0.39, 0.29) is 18.2 Å². The second-order valence-electron chi connectivity index (χ2n) is 4.36. The molecule has 1 aromatic heterocycles. The third-order valence-corrected chi connectivity index (χ3v) is 3.81. The van der Waals surface area contributed by atoms with Gasteiger partial charge in [-0.25, -0.2) is 4.79 Å². The first-order valence-corrected chi connectivity index (χ1v) is 6.91. The molecule has 6 heteroatoms. The quantitative estimate of drug-likeness (QED) is 0.846. The highest BCUT2D eigenvalue weighted by Gasteiger charge is 2.23. The molecule has 100 valence electrons. The molecule has 1 amide bonds. The first kappa shape index (κ1) is 15.0. The zero-order valence-corrected chi connectivity index (χ0v) is 11.8. The van der Waals surface area contributed by atoms with E-state index >= 15 is 0 Å². The molecule has 1 aromatic rings. The van der Waals surface area contributed by atoms with Crippen molar-refractivity contribution in [1.82, 2.24) is 5.32 Å². The summed E-state index contributed by atoms with van der Waals surface area (Å²) in [6.45, 7) is 3.52. The van der Waals surface area contributed by atoms with Gasteiger partial charge in [0, 0.05) is 16.7 Å². The molecule has 0 unspecified atom stereocenters. The van der Waals surface area contributed by atoms with Gasteiger partial charge in [0.05, 0.1) is 5.02 Å². The second-order valence-corrected chi connectivity index (χ2v) is 5.79. The highest BCUT2D eigenvalue weighted by Crippen LogP contribution is 2.20. The Bertz CT molecular complexity index is 431. The van der Waals surface area contributed by atoms with Crippen molar-refractivity contribution in [2.45, 2.75) is 32.7 Å². The summed E-state index contributed by atoms with van der Waals surface area (Å²) in [5.74, 6) is -1.39. The fraction of sp³-hybridized carbons (Fsp3) is 0.500. The van der Waals surface area contributed by atoms with E-state index in [0.717, 1.165) is 4.88 Å². The number of carbonyl (C=O) groups is 2. The number of aryl methyl sites for hydroxylation is 1. The minimum absolute atomic E-state index is 0.136. The molecule has 0 spiro atoms. The lowest BCUT2D eigenvalue weighted by Gasteiger charge is -2.17. The largest absolute Gasteiger partial charge is 0.480 e. The summed E-state index contributed by atoms with van der Waals surface area (Å²) in [5, 5.41) is 14.0. The molecule has 0 saturated heterocycles. The number of thiophene rings is 1. The Balaban J connectivity index is 2.43. The van der Waals surface area contributed by atoms with Crippen LogP contribution in [-0.2, 0) is 16.0 Å². The van der Waals surface area contributed by atoms with Crippen LogP contribution in [0.15, 0.2) is 11.4 Å². The van der Waals surface area contributed by atoms with Crippen molar-refractivity contribution in [1.29, 1.82) is 0 Å². The van der Waals surface area contributed by atoms with Gasteiger partial charge in [0.1, 0.15) is 6.04 Å². The van der Waals surface area contributed by atoms with Gasteiger partial charge in [-0.3, -0.25) is 4.79 Å². The minimum Gasteiger partial charge on any atom is -0.480 e. The summed E-state index contributed by atoms with van der Waals surface area (Å²) in [4.78, 5) is 23.6. The van der Waals surface area contributed by atoms with Crippen LogP contribution in [0.4, 0.5) is 0 Å². The molecule has 4 nitrogen and oxygen atoms in total. The van der Waals surface area contributed by atoms with Gasteiger partial charge in [0.2, 0.25) is 5.91 Å². The van der Waals surface area contributed by atoms with Crippen molar-refractivity contribution in [3.8, 4) is 0 Å². The molecule has 0 aromatic carbocycles. The predicted molar refractivity (Wildman–Crippen MR) is 72.1 cm³/mol. The van der Waals surface area contributed by atoms with E-state index in [4.69, 9.17) is 16.7 Å². The van der Waals surface area contributed by atoms with Crippen LogP contribution >= 0.6 is 22.9 Å². The topological polar surface area (TPSA) is 66.4 Å². The van der Waals surface area contributed by atoms with Crippen molar-refractivity contribution in [2.24, 2.45) is 5.92 Å². The van der Waals surface area contributed by atoms with E-state index in [1.165, 1.54) is 11.3 Å². The van der Waals surface area contributed by atoms with Crippen LogP contribution in [0, 0.1) is 5.92 Å². The summed E-state index contributed by atoms with van der Waals surface area (Å²) >= 11 is 7.27. The highest BCUT2D eigenvalue weighted by molar-refractivity contribution is 7.10. The fourth-order valence-electron chi connectivity index (χ4n) is 1.48. The molecular weight excluding hydrogens is 274 g/mol. The van der Waals surface area contributed by atoms with Gasteiger partial charge in [0.25, 0.3) is 0 Å². The van der Waals surface area contributed by atoms with Gasteiger partial charge in [-0.2, -0.15) is 0 Å². The third-order valence-electron chi connectivity index (χ3n) is 2.47. The van der Waals surface area contributed by atoms with Gasteiger partial charge in [-0.1, -0.05) is 25.4 Å². The lowest BCUT2D eigenvalue weighted by atomic mass is 10.0.